The number of hydroxylamine groups is 1. The van der Waals surface area contributed by atoms with Crippen molar-refractivity contribution in [1.82, 2.24) is 0 Å². The molecule has 0 aliphatic carbocycles. The molecule has 0 unspecified atom stereocenters. The first kappa shape index (κ1) is 6.89. The number of nitrogens with two attached hydrogens (primary N) is 1. The van der Waals surface area contributed by atoms with Crippen LogP contribution in [0.25, 0.3) is 0 Å². The van der Waals surface area contributed by atoms with Crippen molar-refractivity contribution in [2.45, 2.75) is 0 Å². The van der Waals surface area contributed by atoms with Crippen LogP contribution in [0.1, 0.15) is 0 Å². The van der Waals surface area contributed by atoms with Crippen molar-refractivity contribution in [3.63, 3.8) is 0 Å². The van der Waals surface area contributed by atoms with E-state index in [9.17, 15) is 5.21 Å². The minimum Gasteiger partial charge on any atom is -0.758 e. The molecule has 0 saturated heterocycles. The van der Waals surface area contributed by atoms with Crippen molar-refractivity contribution in [1.29, 1.82) is 0 Å². The molecular formula is C7H9N2O-. The molecule has 1 rings (SSSR count). The van der Waals surface area contributed by atoms with Crippen LogP contribution in [-0.4, -0.2) is 7.05 Å². The molecular weight excluding hydrogens is 128 g/mol. The summed E-state index contributed by atoms with van der Waals surface area (Å²) >= 11 is 0. The molecule has 0 atom stereocenters. The Kier molecular flexibility index (Phi) is 1.78. The Morgan fingerprint density at radius 1 is 1.30 bits per heavy atom. The van der Waals surface area contributed by atoms with E-state index in [1.54, 1.807) is 24.3 Å². The molecule has 0 bridgehead atoms. The van der Waals surface area contributed by atoms with E-state index >= 15 is 0 Å². The number of benzene rings is 1. The maximum atomic E-state index is 10.6. The lowest BCUT2D eigenvalue weighted by Gasteiger charge is -2.24. The van der Waals surface area contributed by atoms with E-state index in [1.165, 1.54) is 7.05 Å². The SMILES string of the molecule is CN([O-])c1ccc(N)cc1. The molecule has 0 aliphatic heterocycles. The molecule has 2 N–H and O–H groups in total. The van der Waals surface area contributed by atoms with Crippen LogP contribution in [-0.2, 0) is 0 Å². The van der Waals surface area contributed by atoms with Crippen LogP contribution in [0.15, 0.2) is 24.3 Å². The van der Waals surface area contributed by atoms with E-state index in [0.29, 0.717) is 11.4 Å². The number of anilines is 2. The largest absolute Gasteiger partial charge is 0.758 e. The number of hydrogen-bond donors (Lipinski definition) is 1. The van der Waals surface area contributed by atoms with Gasteiger partial charge in [-0.1, -0.05) is 0 Å². The van der Waals surface area contributed by atoms with Crippen molar-refractivity contribution >= 4 is 11.4 Å². The van der Waals surface area contributed by atoms with Gasteiger partial charge in [-0.25, -0.2) is 0 Å². The highest BCUT2D eigenvalue weighted by molar-refractivity contribution is 5.52. The summed E-state index contributed by atoms with van der Waals surface area (Å²) in [6.45, 7) is 0. The molecule has 0 spiro atoms. The lowest BCUT2D eigenvalue weighted by atomic mass is 10.3. The average molecular weight is 137 g/mol. The zero-order valence-corrected chi connectivity index (χ0v) is 5.74. The Hall–Kier alpha value is -1.22. The van der Waals surface area contributed by atoms with Crippen LogP contribution < -0.4 is 10.8 Å². The summed E-state index contributed by atoms with van der Waals surface area (Å²) in [6, 6.07) is 6.76. The van der Waals surface area contributed by atoms with Gasteiger partial charge in [0.25, 0.3) is 0 Å². The van der Waals surface area contributed by atoms with Gasteiger partial charge in [0, 0.05) is 11.4 Å². The first-order chi connectivity index (χ1) is 4.70. The quantitative estimate of drug-likeness (QED) is 0.467. The summed E-state index contributed by atoms with van der Waals surface area (Å²) in [4.78, 5) is 0. The van der Waals surface area contributed by atoms with E-state index in [2.05, 4.69) is 0 Å². The summed E-state index contributed by atoms with van der Waals surface area (Å²) in [5.74, 6) is 0. The minimum atomic E-state index is 0.620. The van der Waals surface area contributed by atoms with Gasteiger partial charge in [-0.15, -0.1) is 0 Å². The summed E-state index contributed by atoms with van der Waals surface area (Å²) in [6.07, 6.45) is 0. The fourth-order valence-electron chi connectivity index (χ4n) is 0.684. The van der Waals surface area contributed by atoms with Gasteiger partial charge < -0.3 is 16.0 Å². The zero-order chi connectivity index (χ0) is 7.56. The lowest BCUT2D eigenvalue weighted by Crippen LogP contribution is -2.05. The van der Waals surface area contributed by atoms with Gasteiger partial charge in [-0.2, -0.15) is 0 Å². The first-order valence-corrected chi connectivity index (χ1v) is 2.96. The summed E-state index contributed by atoms with van der Waals surface area (Å²) in [7, 11) is 1.45. The Bertz CT molecular complexity index is 205. The van der Waals surface area contributed by atoms with Crippen LogP contribution in [0.2, 0.25) is 0 Å². The van der Waals surface area contributed by atoms with Gasteiger partial charge in [0.05, 0.1) is 0 Å². The fraction of sp³-hybridized carbons (Fsp3) is 0.143. The van der Waals surface area contributed by atoms with Crippen molar-refractivity contribution in [2.24, 2.45) is 0 Å². The fourth-order valence-corrected chi connectivity index (χ4v) is 0.684. The third-order valence-electron chi connectivity index (χ3n) is 1.26. The Balaban J connectivity index is 2.89. The predicted molar refractivity (Wildman–Crippen MR) is 42.6 cm³/mol. The Morgan fingerprint density at radius 3 is 2.20 bits per heavy atom. The van der Waals surface area contributed by atoms with Crippen molar-refractivity contribution < 1.29 is 0 Å². The topological polar surface area (TPSA) is 52.3 Å². The van der Waals surface area contributed by atoms with Crippen molar-refractivity contribution in [3.8, 4) is 0 Å². The average Bonchev–Trinajstić information content (AvgIpc) is 1.88. The molecule has 0 saturated carbocycles. The molecule has 3 nitrogen and oxygen atoms in total. The van der Waals surface area contributed by atoms with E-state index < -0.39 is 0 Å². The van der Waals surface area contributed by atoms with Crippen LogP contribution in [0.4, 0.5) is 11.4 Å². The highest BCUT2D eigenvalue weighted by atomic mass is 16.5. The Labute approximate surface area is 59.6 Å². The highest BCUT2D eigenvalue weighted by Gasteiger charge is 1.87. The third kappa shape index (κ3) is 1.39. The molecule has 0 aliphatic rings. The second-order valence-electron chi connectivity index (χ2n) is 2.09. The van der Waals surface area contributed by atoms with Gasteiger partial charge in [-0.3, -0.25) is 0 Å². The number of nitrogens with zero attached hydrogens (tertiary/aromatic N) is 1. The number of nitrogen functional groups attached to an aromatic ring is 1. The molecule has 0 fully saturated rings. The second kappa shape index (κ2) is 2.58. The number of hydrogen-bond acceptors (Lipinski definition) is 3. The second-order valence-corrected chi connectivity index (χ2v) is 2.09. The molecule has 0 aromatic heterocycles. The lowest BCUT2D eigenvalue weighted by molar-refractivity contribution is 1.22. The molecule has 3 heteroatoms. The van der Waals surface area contributed by atoms with E-state index in [-0.39, 0.29) is 0 Å². The maximum absolute atomic E-state index is 10.6. The van der Waals surface area contributed by atoms with Gasteiger partial charge in [-0.05, 0) is 31.3 Å². The van der Waals surface area contributed by atoms with Crippen molar-refractivity contribution in [3.05, 3.63) is 29.5 Å². The van der Waals surface area contributed by atoms with Crippen LogP contribution >= 0.6 is 0 Å². The summed E-state index contributed by atoms with van der Waals surface area (Å²) in [5, 5.41) is 11.4. The smallest absolute Gasteiger partial charge is 0.0315 e. The van der Waals surface area contributed by atoms with E-state index in [1.807, 2.05) is 0 Å². The molecule has 10 heavy (non-hydrogen) atoms. The maximum Gasteiger partial charge on any atom is 0.0315 e. The standard InChI is InChI=1S/C7H9N2O/c1-9(10)7-4-2-6(8)3-5-7/h2-5H,8H2,1H3/q-1. The van der Waals surface area contributed by atoms with E-state index in [4.69, 9.17) is 5.73 Å². The molecule has 54 valence electrons. The molecule has 0 radical (unpaired) electrons. The van der Waals surface area contributed by atoms with E-state index in [0.717, 1.165) is 5.06 Å². The highest BCUT2D eigenvalue weighted by Crippen LogP contribution is 2.12. The third-order valence-corrected chi connectivity index (χ3v) is 1.26. The first-order valence-electron chi connectivity index (χ1n) is 2.96. The summed E-state index contributed by atoms with van der Waals surface area (Å²) in [5.41, 5.74) is 6.70. The monoisotopic (exact) mass is 137 g/mol. The normalized spacial score (nSPS) is 9.40. The molecule has 0 heterocycles. The van der Waals surface area contributed by atoms with Crippen molar-refractivity contribution in [2.75, 3.05) is 17.8 Å². The molecule has 1 aromatic rings. The Morgan fingerprint density at radius 2 is 1.80 bits per heavy atom. The van der Waals surface area contributed by atoms with Crippen LogP contribution in [0, 0.1) is 5.21 Å². The predicted octanol–water partition coefficient (Wildman–Crippen LogP) is 1.20. The van der Waals surface area contributed by atoms with Gasteiger partial charge in [0.2, 0.25) is 0 Å². The van der Waals surface area contributed by atoms with Crippen LogP contribution in [0.3, 0.4) is 0 Å². The molecule has 1 aromatic carbocycles. The van der Waals surface area contributed by atoms with Crippen LogP contribution in [0.5, 0.6) is 0 Å². The minimum absolute atomic E-state index is 0.620. The summed E-state index contributed by atoms with van der Waals surface area (Å²) < 4.78 is 0. The van der Waals surface area contributed by atoms with Gasteiger partial charge >= 0.3 is 0 Å². The zero-order valence-electron chi connectivity index (χ0n) is 5.74. The van der Waals surface area contributed by atoms with Gasteiger partial charge in [0.1, 0.15) is 0 Å². The number of rotatable bonds is 1. The van der Waals surface area contributed by atoms with Gasteiger partial charge in [0.15, 0.2) is 0 Å². The molecule has 0 amide bonds.